The Hall–Kier alpha value is -1.06. The zero-order valence-electron chi connectivity index (χ0n) is 13.8. The van der Waals surface area contributed by atoms with Gasteiger partial charge in [0.15, 0.2) is 0 Å². The molecule has 1 heterocycles. The number of carbonyl (C=O) groups is 2. The van der Waals surface area contributed by atoms with Gasteiger partial charge >= 0.3 is 0 Å². The smallest absolute Gasteiger partial charge is 0.249 e. The number of hydrogen-bond donors (Lipinski definition) is 1. The normalized spacial score (nSPS) is 23.9. The van der Waals surface area contributed by atoms with Gasteiger partial charge in [-0.05, 0) is 38.5 Å². The summed E-state index contributed by atoms with van der Waals surface area (Å²) in [6, 6.07) is -0.210. The maximum Gasteiger partial charge on any atom is 0.249 e. The second-order valence-corrected chi connectivity index (χ2v) is 6.39. The van der Waals surface area contributed by atoms with E-state index in [0.29, 0.717) is 25.2 Å². The van der Waals surface area contributed by atoms with Gasteiger partial charge in [-0.2, -0.15) is 0 Å². The van der Waals surface area contributed by atoms with Crippen molar-refractivity contribution in [2.45, 2.75) is 84.8 Å². The minimum Gasteiger partial charge on any atom is -0.340 e. The molecule has 0 radical (unpaired) electrons. The summed E-state index contributed by atoms with van der Waals surface area (Å²) in [5, 5.41) is 2.99. The van der Waals surface area contributed by atoms with Crippen LogP contribution in [0.25, 0.3) is 0 Å². The SMILES string of the molecule is CCC1C(=O)NC(CC)(CC)C(=O)N1C(C)CC(C)C. The van der Waals surface area contributed by atoms with Crippen molar-refractivity contribution in [3.63, 3.8) is 0 Å². The van der Waals surface area contributed by atoms with E-state index < -0.39 is 5.54 Å². The second-order valence-electron chi connectivity index (χ2n) is 6.39. The highest BCUT2D eigenvalue weighted by Crippen LogP contribution is 2.29. The third-order valence-corrected chi connectivity index (χ3v) is 4.53. The van der Waals surface area contributed by atoms with Crippen LogP contribution in [0.1, 0.15) is 67.2 Å². The van der Waals surface area contributed by atoms with Crippen molar-refractivity contribution in [3.05, 3.63) is 0 Å². The summed E-state index contributed by atoms with van der Waals surface area (Å²) in [6.07, 6.45) is 2.90. The zero-order chi connectivity index (χ0) is 15.5. The van der Waals surface area contributed by atoms with Crippen LogP contribution in [0, 0.1) is 5.92 Å². The Labute approximate surface area is 123 Å². The van der Waals surface area contributed by atoms with Gasteiger partial charge in [-0.25, -0.2) is 0 Å². The van der Waals surface area contributed by atoms with E-state index >= 15 is 0 Å². The lowest BCUT2D eigenvalue weighted by Crippen LogP contribution is -2.71. The highest BCUT2D eigenvalue weighted by atomic mass is 16.2. The van der Waals surface area contributed by atoms with Gasteiger partial charge in [0, 0.05) is 6.04 Å². The molecule has 1 fully saturated rings. The van der Waals surface area contributed by atoms with E-state index in [0.717, 1.165) is 6.42 Å². The second kappa shape index (κ2) is 6.59. The van der Waals surface area contributed by atoms with Crippen molar-refractivity contribution >= 4 is 11.8 Å². The Bertz CT molecular complexity index is 361. The molecule has 0 saturated carbocycles. The van der Waals surface area contributed by atoms with Crippen LogP contribution in [-0.2, 0) is 9.59 Å². The van der Waals surface area contributed by atoms with Crippen molar-refractivity contribution in [2.24, 2.45) is 5.92 Å². The van der Waals surface area contributed by atoms with Crippen LogP contribution in [0.5, 0.6) is 0 Å². The van der Waals surface area contributed by atoms with Crippen LogP contribution in [-0.4, -0.2) is 34.3 Å². The number of hydrogen-bond acceptors (Lipinski definition) is 2. The maximum absolute atomic E-state index is 13.0. The van der Waals surface area contributed by atoms with Crippen molar-refractivity contribution in [2.75, 3.05) is 0 Å². The molecule has 0 spiro atoms. The van der Waals surface area contributed by atoms with E-state index in [2.05, 4.69) is 26.1 Å². The molecule has 1 rings (SSSR count). The molecule has 0 aromatic carbocycles. The molecule has 4 nitrogen and oxygen atoms in total. The highest BCUT2D eigenvalue weighted by Gasteiger charge is 2.49. The zero-order valence-corrected chi connectivity index (χ0v) is 13.8. The van der Waals surface area contributed by atoms with E-state index in [-0.39, 0.29) is 23.9 Å². The van der Waals surface area contributed by atoms with Crippen LogP contribution in [0.15, 0.2) is 0 Å². The molecule has 1 aliphatic heterocycles. The van der Waals surface area contributed by atoms with E-state index in [9.17, 15) is 9.59 Å². The number of carbonyl (C=O) groups excluding carboxylic acids is 2. The number of piperazine rings is 1. The van der Waals surface area contributed by atoms with Gasteiger partial charge < -0.3 is 10.2 Å². The van der Waals surface area contributed by atoms with Gasteiger partial charge in [0.1, 0.15) is 11.6 Å². The minimum atomic E-state index is -0.700. The number of nitrogens with one attached hydrogen (secondary N) is 1. The molecule has 4 heteroatoms. The molecule has 0 aromatic heterocycles. The molecule has 2 unspecified atom stereocenters. The molecular formula is C16H30N2O2. The molecule has 116 valence electrons. The minimum absolute atomic E-state index is 0.00593. The molecule has 1 aliphatic rings. The van der Waals surface area contributed by atoms with E-state index in [1.54, 1.807) is 0 Å². The third-order valence-electron chi connectivity index (χ3n) is 4.53. The Morgan fingerprint density at radius 1 is 1.15 bits per heavy atom. The van der Waals surface area contributed by atoms with Gasteiger partial charge in [0.25, 0.3) is 0 Å². The Morgan fingerprint density at radius 3 is 2.10 bits per heavy atom. The molecular weight excluding hydrogens is 252 g/mol. The van der Waals surface area contributed by atoms with Crippen LogP contribution in [0.2, 0.25) is 0 Å². The Balaban J connectivity index is 3.12. The molecule has 1 saturated heterocycles. The molecule has 0 aromatic rings. The summed E-state index contributed by atoms with van der Waals surface area (Å²) >= 11 is 0. The van der Waals surface area contributed by atoms with Crippen molar-refractivity contribution < 1.29 is 9.59 Å². The lowest BCUT2D eigenvalue weighted by Gasteiger charge is -2.48. The van der Waals surface area contributed by atoms with Crippen LogP contribution in [0.4, 0.5) is 0 Å². The fraction of sp³-hybridized carbons (Fsp3) is 0.875. The first-order valence-corrected chi connectivity index (χ1v) is 7.97. The standard InChI is InChI=1S/C16H30N2O2/c1-7-13-14(19)17-16(8-2,9-3)15(20)18(13)12(6)10-11(4)5/h11-13H,7-10H2,1-6H3,(H,17,19). The highest BCUT2D eigenvalue weighted by molar-refractivity contribution is 5.99. The average molecular weight is 282 g/mol. The molecule has 0 bridgehead atoms. The summed E-state index contributed by atoms with van der Waals surface area (Å²) in [5.74, 6) is 0.617. The van der Waals surface area contributed by atoms with Crippen molar-refractivity contribution in [1.29, 1.82) is 0 Å². The largest absolute Gasteiger partial charge is 0.340 e. The van der Waals surface area contributed by atoms with Gasteiger partial charge in [-0.3, -0.25) is 9.59 Å². The summed E-state index contributed by atoms with van der Waals surface area (Å²) in [5.41, 5.74) is -0.700. The first kappa shape index (κ1) is 17.0. The average Bonchev–Trinajstić information content (AvgIpc) is 2.39. The van der Waals surface area contributed by atoms with Crippen LogP contribution < -0.4 is 5.32 Å². The molecule has 20 heavy (non-hydrogen) atoms. The van der Waals surface area contributed by atoms with E-state index in [1.807, 2.05) is 25.7 Å². The summed E-state index contributed by atoms with van der Waals surface area (Å²) in [6.45, 7) is 12.3. The maximum atomic E-state index is 13.0. The third kappa shape index (κ3) is 2.99. The van der Waals surface area contributed by atoms with Crippen LogP contribution in [0.3, 0.4) is 0 Å². The number of amides is 2. The monoisotopic (exact) mass is 282 g/mol. The van der Waals surface area contributed by atoms with Gasteiger partial charge in [0.05, 0.1) is 0 Å². The Kier molecular flexibility index (Phi) is 5.60. The molecule has 2 amide bonds. The fourth-order valence-corrected chi connectivity index (χ4v) is 3.30. The van der Waals surface area contributed by atoms with Crippen LogP contribution >= 0.6 is 0 Å². The number of nitrogens with zero attached hydrogens (tertiary/aromatic N) is 1. The van der Waals surface area contributed by atoms with Gasteiger partial charge in [-0.1, -0.05) is 34.6 Å². The topological polar surface area (TPSA) is 49.4 Å². The van der Waals surface area contributed by atoms with E-state index in [4.69, 9.17) is 0 Å². The summed E-state index contributed by atoms with van der Waals surface area (Å²) in [4.78, 5) is 27.2. The summed E-state index contributed by atoms with van der Waals surface area (Å²) in [7, 11) is 0. The lowest BCUT2D eigenvalue weighted by molar-refractivity contribution is -0.158. The predicted molar refractivity (Wildman–Crippen MR) is 81.3 cm³/mol. The van der Waals surface area contributed by atoms with Gasteiger partial charge in [-0.15, -0.1) is 0 Å². The lowest BCUT2D eigenvalue weighted by atomic mass is 9.85. The van der Waals surface area contributed by atoms with Gasteiger partial charge in [0.2, 0.25) is 11.8 Å². The predicted octanol–water partition coefficient (Wildman–Crippen LogP) is 2.72. The summed E-state index contributed by atoms with van der Waals surface area (Å²) < 4.78 is 0. The van der Waals surface area contributed by atoms with Crippen molar-refractivity contribution in [3.8, 4) is 0 Å². The first-order valence-electron chi connectivity index (χ1n) is 7.97. The fourth-order valence-electron chi connectivity index (χ4n) is 3.30. The van der Waals surface area contributed by atoms with Crippen molar-refractivity contribution in [1.82, 2.24) is 10.2 Å². The quantitative estimate of drug-likeness (QED) is 0.814. The van der Waals surface area contributed by atoms with E-state index in [1.165, 1.54) is 0 Å². The molecule has 2 atom stereocenters. The molecule has 1 N–H and O–H groups in total. The first-order chi connectivity index (χ1) is 9.32. The molecule has 0 aliphatic carbocycles. The number of rotatable bonds is 6. The Morgan fingerprint density at radius 2 is 1.70 bits per heavy atom.